The average Bonchev–Trinajstić information content (AvgIpc) is 2.41. The molecule has 0 N–H and O–H groups in total. The average molecular weight is 201 g/mol. The zero-order chi connectivity index (χ0) is 7.14. The Hall–Kier alpha value is -0.310. The standard InChI is InChI=1S/C7H9BrN2/c1-5-7(8)6-3-2-4-10(6)9-5/h2-4H2,1H3. The molecule has 2 rings (SSSR count). The zero-order valence-corrected chi connectivity index (χ0v) is 7.48. The number of nitrogens with zero attached hydrogens (tertiary/aromatic N) is 2. The van der Waals surface area contributed by atoms with Crippen LogP contribution in [-0.4, -0.2) is 9.78 Å². The van der Waals surface area contributed by atoms with Crippen LogP contribution in [-0.2, 0) is 13.0 Å². The normalized spacial score (nSPS) is 15.8. The third-order valence-corrected chi connectivity index (χ3v) is 2.97. The van der Waals surface area contributed by atoms with Gasteiger partial charge in [0.1, 0.15) is 0 Å². The lowest BCUT2D eigenvalue weighted by Crippen LogP contribution is -1.93. The molecular weight excluding hydrogens is 192 g/mol. The van der Waals surface area contributed by atoms with E-state index in [9.17, 15) is 0 Å². The van der Waals surface area contributed by atoms with Crippen molar-refractivity contribution in [3.63, 3.8) is 0 Å². The van der Waals surface area contributed by atoms with Gasteiger partial charge in [-0.15, -0.1) is 0 Å². The highest BCUT2D eigenvalue weighted by Gasteiger charge is 2.16. The van der Waals surface area contributed by atoms with Gasteiger partial charge in [-0.25, -0.2) is 0 Å². The topological polar surface area (TPSA) is 17.8 Å². The summed E-state index contributed by atoms with van der Waals surface area (Å²) in [5, 5.41) is 4.36. The first-order valence-corrected chi connectivity index (χ1v) is 4.30. The summed E-state index contributed by atoms with van der Waals surface area (Å²) in [5.74, 6) is 0. The molecule has 2 nitrogen and oxygen atoms in total. The monoisotopic (exact) mass is 200 g/mol. The molecule has 0 unspecified atom stereocenters. The van der Waals surface area contributed by atoms with Crippen molar-refractivity contribution in [3.05, 3.63) is 15.9 Å². The van der Waals surface area contributed by atoms with Gasteiger partial charge in [-0.1, -0.05) is 0 Å². The van der Waals surface area contributed by atoms with Crippen molar-refractivity contribution in [1.82, 2.24) is 9.78 Å². The SMILES string of the molecule is Cc1nn2c(c1Br)CCC2. The highest BCUT2D eigenvalue weighted by molar-refractivity contribution is 9.10. The Balaban J connectivity index is 2.59. The van der Waals surface area contributed by atoms with Crippen LogP contribution in [0, 0.1) is 6.92 Å². The van der Waals surface area contributed by atoms with Crippen LogP contribution in [0.15, 0.2) is 4.47 Å². The molecule has 0 saturated heterocycles. The second kappa shape index (κ2) is 2.09. The van der Waals surface area contributed by atoms with E-state index in [1.165, 1.54) is 23.0 Å². The summed E-state index contributed by atoms with van der Waals surface area (Å²) in [7, 11) is 0. The molecule has 10 heavy (non-hydrogen) atoms. The number of rotatable bonds is 0. The van der Waals surface area contributed by atoms with Crippen LogP contribution >= 0.6 is 15.9 Å². The summed E-state index contributed by atoms with van der Waals surface area (Å²) >= 11 is 3.52. The van der Waals surface area contributed by atoms with E-state index in [2.05, 4.69) is 25.7 Å². The Morgan fingerprint density at radius 2 is 2.40 bits per heavy atom. The van der Waals surface area contributed by atoms with E-state index in [-0.39, 0.29) is 0 Å². The van der Waals surface area contributed by atoms with Crippen molar-refractivity contribution >= 4 is 15.9 Å². The second-order valence-electron chi connectivity index (χ2n) is 2.67. The van der Waals surface area contributed by atoms with Gasteiger partial charge in [0.25, 0.3) is 0 Å². The van der Waals surface area contributed by atoms with Crippen molar-refractivity contribution in [1.29, 1.82) is 0 Å². The van der Waals surface area contributed by atoms with Gasteiger partial charge in [0.2, 0.25) is 0 Å². The minimum Gasteiger partial charge on any atom is -0.268 e. The van der Waals surface area contributed by atoms with Crippen molar-refractivity contribution in [2.24, 2.45) is 0 Å². The maximum Gasteiger partial charge on any atom is 0.0738 e. The smallest absolute Gasteiger partial charge is 0.0738 e. The molecule has 2 heterocycles. The fraction of sp³-hybridized carbons (Fsp3) is 0.571. The first-order chi connectivity index (χ1) is 4.79. The molecular formula is C7H9BrN2. The molecule has 0 spiro atoms. The highest BCUT2D eigenvalue weighted by atomic mass is 79.9. The molecule has 1 aliphatic heterocycles. The first-order valence-electron chi connectivity index (χ1n) is 3.51. The van der Waals surface area contributed by atoms with E-state index in [4.69, 9.17) is 0 Å². The lowest BCUT2D eigenvalue weighted by Gasteiger charge is -1.89. The summed E-state index contributed by atoms with van der Waals surface area (Å²) in [6.07, 6.45) is 2.43. The van der Waals surface area contributed by atoms with Crippen LogP contribution in [0.25, 0.3) is 0 Å². The molecule has 0 bridgehead atoms. The van der Waals surface area contributed by atoms with Crippen LogP contribution < -0.4 is 0 Å². The summed E-state index contributed by atoms with van der Waals surface area (Å²) in [5.41, 5.74) is 2.49. The van der Waals surface area contributed by atoms with Gasteiger partial charge in [-0.3, -0.25) is 4.68 Å². The molecule has 1 aromatic heterocycles. The van der Waals surface area contributed by atoms with Crippen LogP contribution in [0.4, 0.5) is 0 Å². The molecule has 0 radical (unpaired) electrons. The number of aryl methyl sites for hydroxylation is 2. The molecule has 0 amide bonds. The fourth-order valence-electron chi connectivity index (χ4n) is 1.43. The molecule has 0 saturated carbocycles. The van der Waals surface area contributed by atoms with Gasteiger partial charge in [0.05, 0.1) is 15.9 Å². The van der Waals surface area contributed by atoms with Crippen molar-refractivity contribution < 1.29 is 0 Å². The van der Waals surface area contributed by atoms with E-state index in [0.29, 0.717) is 0 Å². The van der Waals surface area contributed by atoms with Gasteiger partial charge in [0.15, 0.2) is 0 Å². The molecule has 0 aromatic carbocycles. The summed E-state index contributed by atoms with van der Waals surface area (Å²) < 4.78 is 3.31. The van der Waals surface area contributed by atoms with E-state index in [1.807, 2.05) is 6.92 Å². The van der Waals surface area contributed by atoms with Crippen LogP contribution in [0.2, 0.25) is 0 Å². The molecule has 54 valence electrons. The lowest BCUT2D eigenvalue weighted by atomic mass is 10.3. The van der Waals surface area contributed by atoms with E-state index >= 15 is 0 Å². The Morgan fingerprint density at radius 1 is 1.60 bits per heavy atom. The highest BCUT2D eigenvalue weighted by Crippen LogP contribution is 2.26. The Morgan fingerprint density at radius 3 is 3.10 bits per heavy atom. The van der Waals surface area contributed by atoms with Gasteiger partial charge in [-0.2, -0.15) is 5.10 Å². The largest absolute Gasteiger partial charge is 0.268 e. The van der Waals surface area contributed by atoms with Gasteiger partial charge in [0, 0.05) is 6.54 Å². The quantitative estimate of drug-likeness (QED) is 0.626. The molecule has 1 aliphatic rings. The van der Waals surface area contributed by atoms with E-state index in [1.54, 1.807) is 0 Å². The first kappa shape index (κ1) is 6.40. The maximum atomic E-state index is 4.36. The van der Waals surface area contributed by atoms with E-state index < -0.39 is 0 Å². The van der Waals surface area contributed by atoms with E-state index in [0.717, 1.165) is 12.2 Å². The van der Waals surface area contributed by atoms with Crippen LogP contribution in [0.1, 0.15) is 17.8 Å². The maximum absolute atomic E-state index is 4.36. The summed E-state index contributed by atoms with van der Waals surface area (Å²) in [4.78, 5) is 0. The molecule has 1 aromatic rings. The second-order valence-corrected chi connectivity index (χ2v) is 3.47. The minimum absolute atomic E-state index is 1.10. The molecule has 0 aliphatic carbocycles. The third-order valence-electron chi connectivity index (χ3n) is 1.94. The lowest BCUT2D eigenvalue weighted by molar-refractivity contribution is 0.650. The number of halogens is 1. The molecule has 0 fully saturated rings. The predicted octanol–water partition coefficient (Wildman–Crippen LogP) is 1.90. The third kappa shape index (κ3) is 0.732. The Bertz CT molecular complexity index is 265. The molecule has 0 atom stereocenters. The fourth-order valence-corrected chi connectivity index (χ4v) is 1.91. The summed E-state index contributed by atoms with van der Waals surface area (Å²) in [6.45, 7) is 3.14. The number of aromatic nitrogens is 2. The summed E-state index contributed by atoms with van der Waals surface area (Å²) in [6, 6.07) is 0. The number of hydrogen-bond donors (Lipinski definition) is 0. The Kier molecular flexibility index (Phi) is 1.34. The zero-order valence-electron chi connectivity index (χ0n) is 5.89. The van der Waals surface area contributed by atoms with Gasteiger partial charge < -0.3 is 0 Å². The molecule has 3 heteroatoms. The van der Waals surface area contributed by atoms with Crippen molar-refractivity contribution in [2.75, 3.05) is 0 Å². The van der Waals surface area contributed by atoms with Crippen molar-refractivity contribution in [3.8, 4) is 0 Å². The van der Waals surface area contributed by atoms with Crippen LogP contribution in [0.3, 0.4) is 0 Å². The van der Waals surface area contributed by atoms with Crippen molar-refractivity contribution in [2.45, 2.75) is 26.3 Å². The van der Waals surface area contributed by atoms with Gasteiger partial charge >= 0.3 is 0 Å². The Labute approximate surface area is 68.4 Å². The van der Waals surface area contributed by atoms with Crippen LogP contribution in [0.5, 0.6) is 0 Å². The number of fused-ring (bicyclic) bond motifs is 1. The minimum atomic E-state index is 1.10. The number of hydrogen-bond acceptors (Lipinski definition) is 1. The predicted molar refractivity (Wildman–Crippen MR) is 43.0 cm³/mol. The van der Waals surface area contributed by atoms with Gasteiger partial charge in [-0.05, 0) is 35.7 Å².